The number of hydrogen-bond donors (Lipinski definition) is 2. The molecule has 0 spiro atoms. The van der Waals surface area contributed by atoms with Crippen LogP contribution in [0.4, 0.5) is 0 Å². The number of aliphatic carboxylic acids is 1. The molecule has 4 nitrogen and oxygen atoms in total. The Morgan fingerprint density at radius 3 is 2.44 bits per heavy atom. The number of halogens is 1. The van der Waals surface area contributed by atoms with Crippen molar-refractivity contribution in [2.45, 2.75) is 26.2 Å². The lowest BCUT2D eigenvalue weighted by Gasteiger charge is -2.09. The van der Waals surface area contributed by atoms with Crippen LogP contribution in [0, 0.1) is 0 Å². The van der Waals surface area contributed by atoms with E-state index >= 15 is 0 Å². The quantitative estimate of drug-likeness (QED) is 0.645. The van der Waals surface area contributed by atoms with Crippen molar-refractivity contribution in [2.75, 3.05) is 0 Å². The molecule has 0 fully saturated rings. The van der Waals surface area contributed by atoms with Crippen LogP contribution in [0.15, 0.2) is 42.5 Å². The fourth-order valence-electron chi connectivity index (χ4n) is 2.98. The molecule has 0 amide bonds. The third-order valence-corrected chi connectivity index (χ3v) is 4.70. The third kappa shape index (κ3) is 3.17. The highest BCUT2D eigenvalue weighted by atomic mass is 35.5. The smallest absolute Gasteiger partial charge is 0.310 e. The molecule has 0 aliphatic carbocycles. The predicted octanol–water partition coefficient (Wildman–Crippen LogP) is 4.80. The van der Waals surface area contributed by atoms with Crippen molar-refractivity contribution in [1.29, 1.82) is 0 Å². The summed E-state index contributed by atoms with van der Waals surface area (Å²) in [5.41, 5.74) is 3.16. The lowest BCUT2D eigenvalue weighted by molar-refractivity contribution is -0.138. The van der Waals surface area contributed by atoms with Crippen molar-refractivity contribution in [1.82, 2.24) is 4.98 Å². The number of carbonyl (C=O) groups excluding carboxylic acids is 1. The first kappa shape index (κ1) is 17.2. The van der Waals surface area contributed by atoms with Gasteiger partial charge < -0.3 is 10.1 Å². The summed E-state index contributed by atoms with van der Waals surface area (Å²) < 4.78 is 0. The molecule has 0 aliphatic heterocycles. The summed E-state index contributed by atoms with van der Waals surface area (Å²) in [6.45, 7) is 3.64. The molecule has 0 aliphatic rings. The first-order valence-corrected chi connectivity index (χ1v) is 8.47. The van der Waals surface area contributed by atoms with E-state index in [4.69, 9.17) is 11.6 Å². The van der Waals surface area contributed by atoms with Crippen molar-refractivity contribution in [3.05, 3.63) is 69.9 Å². The van der Waals surface area contributed by atoms with Gasteiger partial charge in [0, 0.05) is 27.1 Å². The Balaban J connectivity index is 2.22. The van der Waals surface area contributed by atoms with Crippen molar-refractivity contribution < 1.29 is 14.7 Å². The van der Waals surface area contributed by atoms with E-state index in [-0.39, 0.29) is 5.78 Å². The molecule has 128 valence electrons. The number of H-pyrrole nitrogens is 1. The lowest BCUT2D eigenvalue weighted by atomic mass is 9.93. The highest BCUT2D eigenvalue weighted by Crippen LogP contribution is 2.32. The number of benzene rings is 2. The number of aryl methyl sites for hydroxylation is 1. The van der Waals surface area contributed by atoms with E-state index < -0.39 is 11.9 Å². The highest BCUT2D eigenvalue weighted by molar-refractivity contribution is 6.30. The van der Waals surface area contributed by atoms with Crippen LogP contribution >= 0.6 is 11.6 Å². The van der Waals surface area contributed by atoms with Crippen LogP contribution in [0.3, 0.4) is 0 Å². The maximum Gasteiger partial charge on any atom is 0.310 e. The molecule has 25 heavy (non-hydrogen) atoms. The molecular weight excluding hydrogens is 338 g/mol. The summed E-state index contributed by atoms with van der Waals surface area (Å²) in [6.07, 6.45) is 0.836. The molecule has 3 rings (SSSR count). The van der Waals surface area contributed by atoms with Gasteiger partial charge in [0.05, 0.1) is 11.6 Å². The number of hydrogen-bond acceptors (Lipinski definition) is 2. The zero-order valence-electron chi connectivity index (χ0n) is 14.0. The van der Waals surface area contributed by atoms with E-state index in [9.17, 15) is 14.7 Å². The van der Waals surface area contributed by atoms with Crippen LogP contribution in [0.2, 0.25) is 5.02 Å². The van der Waals surface area contributed by atoms with Crippen molar-refractivity contribution in [3.8, 4) is 0 Å². The van der Waals surface area contributed by atoms with E-state index in [0.717, 1.165) is 22.9 Å². The number of ketones is 1. The van der Waals surface area contributed by atoms with Crippen LogP contribution in [-0.4, -0.2) is 21.8 Å². The largest absolute Gasteiger partial charge is 0.481 e. The SMILES string of the molecule is CCc1ccc2[nH]c(C(=O)c3ccc(Cl)cc3)c(C(C)C(=O)O)c2c1. The molecule has 2 N–H and O–H groups in total. The average molecular weight is 356 g/mol. The van der Waals surface area contributed by atoms with E-state index in [2.05, 4.69) is 4.98 Å². The van der Waals surface area contributed by atoms with Gasteiger partial charge >= 0.3 is 5.97 Å². The Hall–Kier alpha value is -2.59. The standard InChI is InChI=1S/C20H18ClNO3/c1-3-12-4-9-16-15(10-12)17(11(2)20(24)25)18(22-16)19(23)13-5-7-14(21)8-6-13/h4-11,22H,3H2,1-2H3,(H,24,25). The van der Waals surface area contributed by atoms with Crippen LogP contribution in [0.5, 0.6) is 0 Å². The van der Waals surface area contributed by atoms with Crippen LogP contribution < -0.4 is 0 Å². The molecule has 1 heterocycles. The second-order valence-electron chi connectivity index (χ2n) is 6.04. The lowest BCUT2D eigenvalue weighted by Crippen LogP contribution is -2.13. The molecule has 0 saturated heterocycles. The van der Waals surface area contributed by atoms with Gasteiger partial charge in [-0.2, -0.15) is 0 Å². The molecular formula is C20H18ClNO3. The Kier molecular flexibility index (Phi) is 4.64. The zero-order valence-corrected chi connectivity index (χ0v) is 14.7. The third-order valence-electron chi connectivity index (χ3n) is 4.45. The minimum atomic E-state index is -0.965. The van der Waals surface area contributed by atoms with Gasteiger partial charge in [0.15, 0.2) is 0 Å². The first-order valence-electron chi connectivity index (χ1n) is 8.10. The van der Waals surface area contributed by atoms with Gasteiger partial charge in [-0.05, 0) is 55.3 Å². The summed E-state index contributed by atoms with van der Waals surface area (Å²) in [5, 5.41) is 10.8. The molecule has 0 bridgehead atoms. The minimum absolute atomic E-state index is 0.242. The van der Waals surface area contributed by atoms with Crippen LogP contribution in [0.25, 0.3) is 10.9 Å². The van der Waals surface area contributed by atoms with E-state index in [1.54, 1.807) is 31.2 Å². The summed E-state index contributed by atoms with van der Waals surface area (Å²) in [7, 11) is 0. The molecule has 0 radical (unpaired) electrons. The molecule has 5 heteroatoms. The van der Waals surface area contributed by atoms with Crippen molar-refractivity contribution >= 4 is 34.3 Å². The second-order valence-corrected chi connectivity index (χ2v) is 6.48. The van der Waals surface area contributed by atoms with Gasteiger partial charge in [-0.3, -0.25) is 9.59 Å². The Morgan fingerprint density at radius 1 is 1.16 bits per heavy atom. The fourth-order valence-corrected chi connectivity index (χ4v) is 3.10. The molecule has 1 unspecified atom stereocenters. The number of fused-ring (bicyclic) bond motifs is 1. The molecule has 1 atom stereocenters. The molecule has 2 aromatic carbocycles. The maximum absolute atomic E-state index is 13.0. The molecule has 1 aromatic heterocycles. The monoisotopic (exact) mass is 355 g/mol. The minimum Gasteiger partial charge on any atom is -0.481 e. The zero-order chi connectivity index (χ0) is 18.1. The highest BCUT2D eigenvalue weighted by Gasteiger charge is 2.26. The number of nitrogens with one attached hydrogen (secondary N) is 1. The number of carbonyl (C=O) groups is 2. The number of carboxylic acid groups (broad SMARTS) is 1. The van der Waals surface area contributed by atoms with Crippen molar-refractivity contribution in [3.63, 3.8) is 0 Å². The predicted molar refractivity (Wildman–Crippen MR) is 98.6 cm³/mol. The Morgan fingerprint density at radius 2 is 1.84 bits per heavy atom. The van der Waals surface area contributed by atoms with Gasteiger partial charge in [-0.1, -0.05) is 24.6 Å². The number of aromatic amines is 1. The Labute approximate surface area is 150 Å². The van der Waals surface area contributed by atoms with Gasteiger partial charge in [-0.25, -0.2) is 0 Å². The van der Waals surface area contributed by atoms with Gasteiger partial charge in [0.1, 0.15) is 0 Å². The van der Waals surface area contributed by atoms with Crippen LogP contribution in [-0.2, 0) is 11.2 Å². The first-order chi connectivity index (χ1) is 11.9. The number of carboxylic acids is 1. The van der Waals surface area contributed by atoms with E-state index in [0.29, 0.717) is 21.8 Å². The van der Waals surface area contributed by atoms with Crippen LogP contribution in [0.1, 0.15) is 46.9 Å². The fraction of sp³-hybridized carbons (Fsp3) is 0.200. The Bertz CT molecular complexity index is 957. The summed E-state index contributed by atoms with van der Waals surface area (Å²) in [5.74, 6) is -2.01. The average Bonchev–Trinajstić information content (AvgIpc) is 2.99. The van der Waals surface area contributed by atoms with Gasteiger partial charge in [0.25, 0.3) is 0 Å². The van der Waals surface area contributed by atoms with E-state index in [1.807, 2.05) is 25.1 Å². The van der Waals surface area contributed by atoms with Crippen molar-refractivity contribution in [2.24, 2.45) is 0 Å². The number of rotatable bonds is 5. The molecule has 3 aromatic rings. The van der Waals surface area contributed by atoms with Gasteiger partial charge in [-0.15, -0.1) is 0 Å². The maximum atomic E-state index is 13.0. The molecule has 0 saturated carbocycles. The summed E-state index contributed by atoms with van der Waals surface area (Å²) >= 11 is 5.89. The van der Waals surface area contributed by atoms with Gasteiger partial charge in [0.2, 0.25) is 5.78 Å². The number of aromatic nitrogens is 1. The second kappa shape index (κ2) is 6.73. The van der Waals surface area contributed by atoms with E-state index in [1.165, 1.54) is 0 Å². The summed E-state index contributed by atoms with van der Waals surface area (Å²) in [4.78, 5) is 27.7. The normalized spacial score (nSPS) is 12.3. The summed E-state index contributed by atoms with van der Waals surface area (Å²) in [6, 6.07) is 12.4. The topological polar surface area (TPSA) is 70.2 Å².